The van der Waals surface area contributed by atoms with E-state index in [4.69, 9.17) is 0 Å². The van der Waals surface area contributed by atoms with E-state index in [1.54, 1.807) is 0 Å². The average Bonchev–Trinajstić information content (AvgIpc) is 3.14. The Morgan fingerprint density at radius 3 is 2.00 bits per heavy atom. The van der Waals surface area contributed by atoms with E-state index >= 15 is 0 Å². The predicted octanol–water partition coefficient (Wildman–Crippen LogP) is 2.89. The van der Waals surface area contributed by atoms with E-state index in [1.165, 1.54) is 51.9 Å². The smallest absolute Gasteiger partial charge is 0.00684 e. The van der Waals surface area contributed by atoms with Crippen molar-refractivity contribution < 1.29 is 0 Å². The molecule has 1 aliphatic carbocycles. The fourth-order valence-electron chi connectivity index (χ4n) is 2.35. The molecule has 0 heterocycles. The van der Waals surface area contributed by atoms with Crippen molar-refractivity contribution in [3.05, 3.63) is 0 Å². The standard InChI is InChI=1S/C14H30N2/c1-5-14(6-2,11-15-13-9-10-13)12-16(7-3)8-4/h13,15H,5-12H2,1-4H3. The highest BCUT2D eigenvalue weighted by atomic mass is 15.1. The molecule has 1 rings (SSSR count). The molecule has 96 valence electrons. The van der Waals surface area contributed by atoms with Crippen LogP contribution in [-0.2, 0) is 0 Å². The van der Waals surface area contributed by atoms with Crippen molar-refractivity contribution in [2.24, 2.45) is 5.41 Å². The van der Waals surface area contributed by atoms with E-state index in [0.717, 1.165) is 6.04 Å². The molecule has 1 saturated carbocycles. The van der Waals surface area contributed by atoms with Crippen molar-refractivity contribution in [1.29, 1.82) is 0 Å². The van der Waals surface area contributed by atoms with E-state index in [-0.39, 0.29) is 0 Å². The summed E-state index contributed by atoms with van der Waals surface area (Å²) in [6, 6.07) is 0.842. The lowest BCUT2D eigenvalue weighted by Gasteiger charge is -2.37. The molecule has 0 unspecified atom stereocenters. The highest BCUT2D eigenvalue weighted by Gasteiger charge is 2.30. The van der Waals surface area contributed by atoms with Gasteiger partial charge in [-0.3, -0.25) is 0 Å². The third-order valence-electron chi connectivity index (χ3n) is 4.30. The zero-order chi connectivity index (χ0) is 12.0. The van der Waals surface area contributed by atoms with E-state index in [2.05, 4.69) is 37.9 Å². The van der Waals surface area contributed by atoms with Crippen LogP contribution in [0.4, 0.5) is 0 Å². The molecule has 16 heavy (non-hydrogen) atoms. The molecule has 0 spiro atoms. The number of hydrogen-bond donors (Lipinski definition) is 1. The molecule has 0 amide bonds. The normalized spacial score (nSPS) is 17.1. The Balaban J connectivity index is 2.46. The van der Waals surface area contributed by atoms with Crippen LogP contribution < -0.4 is 5.32 Å². The molecule has 0 aromatic carbocycles. The van der Waals surface area contributed by atoms with Gasteiger partial charge in [-0.2, -0.15) is 0 Å². The molecule has 0 aromatic heterocycles. The zero-order valence-corrected chi connectivity index (χ0v) is 11.7. The van der Waals surface area contributed by atoms with Gasteiger partial charge < -0.3 is 10.2 Å². The predicted molar refractivity (Wildman–Crippen MR) is 71.8 cm³/mol. The lowest BCUT2D eigenvalue weighted by atomic mass is 9.81. The van der Waals surface area contributed by atoms with Gasteiger partial charge in [-0.15, -0.1) is 0 Å². The molecule has 2 nitrogen and oxygen atoms in total. The third kappa shape index (κ3) is 4.06. The molecule has 0 aliphatic heterocycles. The number of hydrogen-bond acceptors (Lipinski definition) is 2. The highest BCUT2D eigenvalue weighted by Crippen LogP contribution is 2.29. The first-order valence-corrected chi connectivity index (χ1v) is 7.15. The van der Waals surface area contributed by atoms with Crippen LogP contribution in [0.1, 0.15) is 53.4 Å². The molecule has 1 aliphatic rings. The summed E-state index contributed by atoms with van der Waals surface area (Å²) in [7, 11) is 0. The van der Waals surface area contributed by atoms with Gasteiger partial charge >= 0.3 is 0 Å². The van der Waals surface area contributed by atoms with Gasteiger partial charge in [-0.1, -0.05) is 27.7 Å². The molecule has 1 N–H and O–H groups in total. The van der Waals surface area contributed by atoms with Gasteiger partial charge in [0.15, 0.2) is 0 Å². The molecule has 0 aromatic rings. The Bertz CT molecular complexity index is 179. The minimum atomic E-state index is 0.495. The molecule has 1 fully saturated rings. The number of nitrogens with one attached hydrogen (secondary N) is 1. The number of nitrogens with zero attached hydrogens (tertiary/aromatic N) is 1. The second kappa shape index (κ2) is 6.61. The van der Waals surface area contributed by atoms with Crippen LogP contribution in [0, 0.1) is 5.41 Å². The molecule has 0 radical (unpaired) electrons. The summed E-state index contributed by atoms with van der Waals surface area (Å²) in [4.78, 5) is 2.57. The number of rotatable bonds is 9. The Hall–Kier alpha value is -0.0800. The monoisotopic (exact) mass is 226 g/mol. The van der Waals surface area contributed by atoms with Crippen molar-refractivity contribution in [2.45, 2.75) is 59.4 Å². The van der Waals surface area contributed by atoms with Gasteiger partial charge in [0.2, 0.25) is 0 Å². The van der Waals surface area contributed by atoms with Crippen LogP contribution in [0.5, 0.6) is 0 Å². The lowest BCUT2D eigenvalue weighted by molar-refractivity contribution is 0.143. The van der Waals surface area contributed by atoms with Crippen LogP contribution in [-0.4, -0.2) is 37.1 Å². The van der Waals surface area contributed by atoms with Gasteiger partial charge in [0.1, 0.15) is 0 Å². The second-order valence-electron chi connectivity index (χ2n) is 5.32. The minimum absolute atomic E-state index is 0.495. The largest absolute Gasteiger partial charge is 0.313 e. The summed E-state index contributed by atoms with van der Waals surface area (Å²) < 4.78 is 0. The Kier molecular flexibility index (Phi) is 5.77. The fourth-order valence-corrected chi connectivity index (χ4v) is 2.35. The van der Waals surface area contributed by atoms with Crippen LogP contribution in [0.15, 0.2) is 0 Å². The first-order chi connectivity index (χ1) is 7.69. The molecule has 2 heteroatoms. The highest BCUT2D eigenvalue weighted by molar-refractivity contribution is 4.88. The Morgan fingerprint density at radius 1 is 1.06 bits per heavy atom. The van der Waals surface area contributed by atoms with Crippen molar-refractivity contribution in [2.75, 3.05) is 26.2 Å². The Labute approximate surface area is 102 Å². The first-order valence-electron chi connectivity index (χ1n) is 7.15. The first kappa shape index (κ1) is 14.0. The molecular formula is C14H30N2. The maximum atomic E-state index is 3.73. The van der Waals surface area contributed by atoms with Gasteiger partial charge in [0, 0.05) is 19.1 Å². The van der Waals surface area contributed by atoms with E-state index in [1.807, 2.05) is 0 Å². The summed E-state index contributed by atoms with van der Waals surface area (Å²) in [5, 5.41) is 3.73. The summed E-state index contributed by atoms with van der Waals surface area (Å²) in [6.07, 6.45) is 5.38. The minimum Gasteiger partial charge on any atom is -0.313 e. The summed E-state index contributed by atoms with van der Waals surface area (Å²) >= 11 is 0. The maximum Gasteiger partial charge on any atom is 0.00684 e. The summed E-state index contributed by atoms with van der Waals surface area (Å²) in [5.41, 5.74) is 0.495. The van der Waals surface area contributed by atoms with Crippen LogP contribution in [0.2, 0.25) is 0 Å². The third-order valence-corrected chi connectivity index (χ3v) is 4.30. The lowest BCUT2D eigenvalue weighted by Crippen LogP contribution is -2.44. The maximum absolute atomic E-state index is 3.73. The topological polar surface area (TPSA) is 15.3 Å². The van der Waals surface area contributed by atoms with Gasteiger partial charge in [0.25, 0.3) is 0 Å². The summed E-state index contributed by atoms with van der Waals surface area (Å²) in [5.74, 6) is 0. The molecule has 0 atom stereocenters. The van der Waals surface area contributed by atoms with Crippen molar-refractivity contribution >= 4 is 0 Å². The van der Waals surface area contributed by atoms with Gasteiger partial charge in [-0.25, -0.2) is 0 Å². The van der Waals surface area contributed by atoms with Crippen molar-refractivity contribution in [3.63, 3.8) is 0 Å². The zero-order valence-electron chi connectivity index (χ0n) is 11.7. The summed E-state index contributed by atoms with van der Waals surface area (Å²) in [6.45, 7) is 14.1. The quantitative estimate of drug-likeness (QED) is 0.650. The van der Waals surface area contributed by atoms with E-state index < -0.39 is 0 Å². The molecule has 0 saturated heterocycles. The Morgan fingerprint density at radius 2 is 1.62 bits per heavy atom. The van der Waals surface area contributed by atoms with Crippen LogP contribution >= 0.6 is 0 Å². The molecule has 0 bridgehead atoms. The van der Waals surface area contributed by atoms with Crippen molar-refractivity contribution in [3.8, 4) is 0 Å². The van der Waals surface area contributed by atoms with E-state index in [9.17, 15) is 0 Å². The second-order valence-corrected chi connectivity index (χ2v) is 5.32. The van der Waals surface area contributed by atoms with Gasteiger partial charge in [0.05, 0.1) is 0 Å². The van der Waals surface area contributed by atoms with E-state index in [0.29, 0.717) is 5.41 Å². The SMILES string of the molecule is CCN(CC)CC(CC)(CC)CNC1CC1. The van der Waals surface area contributed by atoms with Crippen molar-refractivity contribution in [1.82, 2.24) is 10.2 Å². The van der Waals surface area contributed by atoms with Gasteiger partial charge in [-0.05, 0) is 44.2 Å². The van der Waals surface area contributed by atoms with Crippen LogP contribution in [0.25, 0.3) is 0 Å². The fraction of sp³-hybridized carbons (Fsp3) is 1.00. The van der Waals surface area contributed by atoms with Crippen LogP contribution in [0.3, 0.4) is 0 Å². The molecular weight excluding hydrogens is 196 g/mol. The average molecular weight is 226 g/mol.